The number of rotatable bonds is 4. The quantitative estimate of drug-likeness (QED) is 0.873. The van der Waals surface area contributed by atoms with Gasteiger partial charge in [-0.3, -0.25) is 0 Å². The van der Waals surface area contributed by atoms with Crippen LogP contribution < -0.4 is 5.32 Å². The molecule has 0 saturated carbocycles. The van der Waals surface area contributed by atoms with Crippen LogP contribution in [0.15, 0.2) is 28.7 Å². The van der Waals surface area contributed by atoms with Crippen molar-refractivity contribution in [2.24, 2.45) is 0 Å². The molecule has 0 bridgehead atoms. The zero-order valence-corrected chi connectivity index (χ0v) is 12.2. The molecule has 1 unspecified atom stereocenters. The van der Waals surface area contributed by atoms with E-state index in [0.717, 1.165) is 0 Å². The van der Waals surface area contributed by atoms with Crippen molar-refractivity contribution >= 4 is 15.9 Å². The van der Waals surface area contributed by atoms with E-state index < -0.39 is 0 Å². The average molecular weight is 296 g/mol. The Morgan fingerprint density at radius 3 is 2.59 bits per heavy atom. The normalized spacial score (nSPS) is 24.8. The van der Waals surface area contributed by atoms with Crippen molar-refractivity contribution in [1.29, 1.82) is 0 Å². The van der Waals surface area contributed by atoms with Gasteiger partial charge in [0.05, 0.1) is 0 Å². The molecule has 1 fully saturated rings. The van der Waals surface area contributed by atoms with E-state index in [1.54, 1.807) is 0 Å². The van der Waals surface area contributed by atoms with E-state index >= 15 is 0 Å². The van der Waals surface area contributed by atoms with Gasteiger partial charge in [0.2, 0.25) is 0 Å². The van der Waals surface area contributed by atoms with Crippen LogP contribution in [0.25, 0.3) is 0 Å². The maximum absolute atomic E-state index is 3.75. The van der Waals surface area contributed by atoms with E-state index in [4.69, 9.17) is 0 Å². The summed E-state index contributed by atoms with van der Waals surface area (Å²) in [6.45, 7) is 3.52. The minimum Gasteiger partial charge on any atom is -0.311 e. The van der Waals surface area contributed by atoms with E-state index in [2.05, 4.69) is 52.4 Å². The summed E-state index contributed by atoms with van der Waals surface area (Å²) in [4.78, 5) is 0. The summed E-state index contributed by atoms with van der Waals surface area (Å²) in [6.07, 6.45) is 7.80. The summed E-state index contributed by atoms with van der Waals surface area (Å²) in [5.41, 5.74) is 1.86. The first kappa shape index (κ1) is 13.1. The summed E-state index contributed by atoms with van der Waals surface area (Å²) in [5.74, 6) is 0. The number of nitrogens with one attached hydrogen (secondary N) is 1. The van der Waals surface area contributed by atoms with Crippen LogP contribution >= 0.6 is 15.9 Å². The van der Waals surface area contributed by atoms with Gasteiger partial charge in [-0.05, 0) is 56.3 Å². The molecule has 1 N–H and O–H groups in total. The summed E-state index contributed by atoms with van der Waals surface area (Å²) in [5, 5.41) is 3.75. The Labute approximate surface area is 113 Å². The fourth-order valence-corrected chi connectivity index (χ4v) is 3.02. The Morgan fingerprint density at radius 1 is 1.24 bits per heavy atom. The van der Waals surface area contributed by atoms with Gasteiger partial charge in [0.1, 0.15) is 0 Å². The Balaban J connectivity index is 1.93. The molecule has 1 nitrogen and oxygen atoms in total. The zero-order chi connectivity index (χ0) is 12.1. The smallest absolute Gasteiger partial charge is 0.0182 e. The first-order valence-corrected chi connectivity index (χ1v) is 7.53. The van der Waals surface area contributed by atoms with Crippen molar-refractivity contribution in [3.8, 4) is 0 Å². The number of hydrogen-bond acceptors (Lipinski definition) is 1. The Hall–Kier alpha value is -0.340. The molecule has 0 spiro atoms. The van der Waals surface area contributed by atoms with Gasteiger partial charge in [-0.1, -0.05) is 41.4 Å². The number of benzene rings is 1. The monoisotopic (exact) mass is 295 g/mol. The van der Waals surface area contributed by atoms with Gasteiger partial charge < -0.3 is 5.32 Å². The summed E-state index contributed by atoms with van der Waals surface area (Å²) < 4.78 is 1.17. The van der Waals surface area contributed by atoms with Crippen LogP contribution in [-0.4, -0.2) is 12.1 Å². The fourth-order valence-electron chi connectivity index (χ4n) is 2.76. The van der Waals surface area contributed by atoms with Crippen molar-refractivity contribution in [2.75, 3.05) is 6.54 Å². The van der Waals surface area contributed by atoms with Crippen LogP contribution in [0.3, 0.4) is 0 Å². The van der Waals surface area contributed by atoms with Crippen molar-refractivity contribution in [3.63, 3.8) is 0 Å². The molecule has 2 heteroatoms. The van der Waals surface area contributed by atoms with Crippen molar-refractivity contribution in [1.82, 2.24) is 5.32 Å². The van der Waals surface area contributed by atoms with Crippen molar-refractivity contribution in [2.45, 2.75) is 51.0 Å². The molecule has 0 aliphatic carbocycles. The average Bonchev–Trinajstić information content (AvgIpc) is 2.39. The van der Waals surface area contributed by atoms with Gasteiger partial charge >= 0.3 is 0 Å². The highest BCUT2D eigenvalue weighted by atomic mass is 79.9. The molecule has 1 atom stereocenters. The number of hydrogen-bond donors (Lipinski definition) is 1. The third-order valence-corrected chi connectivity index (χ3v) is 4.59. The molecular weight excluding hydrogens is 274 g/mol. The van der Waals surface area contributed by atoms with Gasteiger partial charge in [-0.25, -0.2) is 0 Å². The lowest BCUT2D eigenvalue weighted by Crippen LogP contribution is -2.48. The predicted octanol–water partition coefficient (Wildman–Crippen LogP) is 4.30. The molecular formula is C15H22BrN. The zero-order valence-electron chi connectivity index (χ0n) is 10.6. The van der Waals surface area contributed by atoms with Gasteiger partial charge in [-0.2, -0.15) is 0 Å². The molecule has 0 aromatic heterocycles. The highest BCUT2D eigenvalue weighted by molar-refractivity contribution is 9.10. The summed E-state index contributed by atoms with van der Waals surface area (Å²) in [7, 11) is 0. The molecule has 1 saturated heterocycles. The van der Waals surface area contributed by atoms with Crippen molar-refractivity contribution in [3.05, 3.63) is 34.3 Å². The van der Waals surface area contributed by atoms with E-state index in [0.29, 0.717) is 5.54 Å². The van der Waals surface area contributed by atoms with Gasteiger partial charge in [0.15, 0.2) is 0 Å². The fraction of sp³-hybridized carbons (Fsp3) is 0.600. The summed E-state index contributed by atoms with van der Waals surface area (Å²) in [6, 6.07) is 8.75. The maximum atomic E-state index is 3.75. The number of piperidine rings is 1. The van der Waals surface area contributed by atoms with Crippen LogP contribution in [0.5, 0.6) is 0 Å². The molecule has 1 aliphatic rings. The van der Waals surface area contributed by atoms with Gasteiger partial charge in [0, 0.05) is 10.0 Å². The number of halogens is 1. The van der Waals surface area contributed by atoms with E-state index in [9.17, 15) is 0 Å². The topological polar surface area (TPSA) is 12.0 Å². The second-order valence-corrected chi connectivity index (χ2v) is 6.06. The minimum absolute atomic E-state index is 0.408. The highest BCUT2D eigenvalue weighted by Gasteiger charge is 2.28. The Morgan fingerprint density at radius 2 is 2.00 bits per heavy atom. The van der Waals surface area contributed by atoms with Gasteiger partial charge in [0.25, 0.3) is 0 Å². The van der Waals surface area contributed by atoms with Crippen LogP contribution in [0.4, 0.5) is 0 Å². The number of aryl methyl sites for hydroxylation is 1. The van der Waals surface area contributed by atoms with E-state index in [1.165, 1.54) is 55.1 Å². The van der Waals surface area contributed by atoms with Gasteiger partial charge in [-0.15, -0.1) is 0 Å². The lowest BCUT2D eigenvalue weighted by Gasteiger charge is -2.38. The lowest BCUT2D eigenvalue weighted by molar-refractivity contribution is 0.229. The maximum Gasteiger partial charge on any atom is 0.0182 e. The minimum atomic E-state index is 0.408. The second kappa shape index (κ2) is 6.01. The largest absolute Gasteiger partial charge is 0.311 e. The molecule has 0 radical (unpaired) electrons. The molecule has 1 heterocycles. The molecule has 1 aliphatic heterocycles. The first-order valence-electron chi connectivity index (χ1n) is 6.74. The summed E-state index contributed by atoms with van der Waals surface area (Å²) >= 11 is 3.49. The highest BCUT2D eigenvalue weighted by Crippen LogP contribution is 2.28. The molecule has 94 valence electrons. The van der Waals surface area contributed by atoms with Crippen LogP contribution in [0.1, 0.15) is 44.6 Å². The third kappa shape index (κ3) is 3.56. The predicted molar refractivity (Wildman–Crippen MR) is 77.3 cm³/mol. The van der Waals surface area contributed by atoms with E-state index in [-0.39, 0.29) is 0 Å². The first-order chi connectivity index (χ1) is 8.24. The third-order valence-electron chi connectivity index (χ3n) is 4.06. The standard InChI is InChI=1S/C15H22BrN/c1-2-15(10-3-4-12-17-15)11-9-13-5-7-14(16)8-6-13/h5-8,17H,2-4,9-12H2,1H3. The van der Waals surface area contributed by atoms with Crippen LogP contribution in [0, 0.1) is 0 Å². The van der Waals surface area contributed by atoms with E-state index in [1.807, 2.05) is 0 Å². The molecule has 17 heavy (non-hydrogen) atoms. The Kier molecular flexibility index (Phi) is 4.63. The SMILES string of the molecule is CCC1(CCc2ccc(Br)cc2)CCCCN1. The molecule has 2 rings (SSSR count). The molecule has 1 aromatic rings. The Bertz CT molecular complexity index is 338. The lowest BCUT2D eigenvalue weighted by atomic mass is 9.81. The second-order valence-electron chi connectivity index (χ2n) is 5.14. The van der Waals surface area contributed by atoms with Crippen LogP contribution in [-0.2, 0) is 6.42 Å². The molecule has 0 amide bonds. The van der Waals surface area contributed by atoms with Crippen LogP contribution in [0.2, 0.25) is 0 Å². The van der Waals surface area contributed by atoms with Crippen molar-refractivity contribution < 1.29 is 0 Å². The molecule has 1 aromatic carbocycles.